The summed E-state index contributed by atoms with van der Waals surface area (Å²) in [4.78, 5) is 27.6. The molecule has 152 valence electrons. The predicted molar refractivity (Wildman–Crippen MR) is 118 cm³/mol. The van der Waals surface area contributed by atoms with Gasteiger partial charge in [0.15, 0.2) is 11.6 Å². The molecule has 2 aromatic rings. The topological polar surface area (TPSA) is 46.6 Å². The van der Waals surface area contributed by atoms with Crippen molar-refractivity contribution in [3.8, 4) is 5.75 Å². The maximum Gasteiger partial charge on any atom is 0.197 e. The molecule has 30 heavy (non-hydrogen) atoms. The number of hydrogen-bond acceptors (Lipinski definition) is 4. The summed E-state index contributed by atoms with van der Waals surface area (Å²) >= 11 is 0. The second kappa shape index (κ2) is 7.60. The first-order valence-corrected chi connectivity index (χ1v) is 10.7. The minimum absolute atomic E-state index is 0.181. The standard InChI is InChI=1S/C26H25NO3/c1-17-15-19(10-12-23-25(28)21-7-3-4-8-22(21)26(23)29)30-24-16-18(9-11-20(17)24)27-13-5-2-6-14-27/h3-4,7-9,11-12,15-16,19H,2,5-6,10,13-14H2,1H3. The molecular formula is C26H25NO3. The Morgan fingerprint density at radius 1 is 0.967 bits per heavy atom. The van der Waals surface area contributed by atoms with Gasteiger partial charge in [0.2, 0.25) is 0 Å². The quantitative estimate of drug-likeness (QED) is 0.523. The van der Waals surface area contributed by atoms with Crippen molar-refractivity contribution in [2.24, 2.45) is 0 Å². The molecule has 0 radical (unpaired) electrons. The number of anilines is 1. The molecule has 1 aliphatic carbocycles. The zero-order valence-corrected chi connectivity index (χ0v) is 17.2. The summed E-state index contributed by atoms with van der Waals surface area (Å²) in [6.07, 6.45) is 7.90. The molecule has 2 aromatic carbocycles. The van der Waals surface area contributed by atoms with Gasteiger partial charge >= 0.3 is 0 Å². The number of allylic oxidation sites excluding steroid dienone is 2. The molecule has 4 nitrogen and oxygen atoms in total. The van der Waals surface area contributed by atoms with E-state index in [2.05, 4.69) is 36.1 Å². The van der Waals surface area contributed by atoms with Crippen molar-refractivity contribution in [1.29, 1.82) is 0 Å². The zero-order valence-electron chi connectivity index (χ0n) is 17.2. The maximum absolute atomic E-state index is 12.6. The molecule has 0 N–H and O–H groups in total. The van der Waals surface area contributed by atoms with Crippen molar-refractivity contribution in [3.05, 3.63) is 76.9 Å². The molecule has 1 saturated heterocycles. The second-order valence-corrected chi connectivity index (χ2v) is 8.29. The largest absolute Gasteiger partial charge is 0.485 e. The molecule has 2 aliphatic heterocycles. The highest BCUT2D eigenvalue weighted by Crippen LogP contribution is 2.36. The van der Waals surface area contributed by atoms with E-state index in [4.69, 9.17) is 4.74 Å². The number of hydrogen-bond donors (Lipinski definition) is 0. The van der Waals surface area contributed by atoms with Crippen LogP contribution in [-0.4, -0.2) is 30.8 Å². The number of ketones is 2. The Morgan fingerprint density at radius 3 is 2.37 bits per heavy atom. The molecule has 4 heteroatoms. The Hall–Kier alpha value is -3.14. The van der Waals surface area contributed by atoms with E-state index < -0.39 is 0 Å². The monoisotopic (exact) mass is 399 g/mol. The van der Waals surface area contributed by atoms with Gasteiger partial charge in [-0.1, -0.05) is 30.3 Å². The van der Waals surface area contributed by atoms with Crippen molar-refractivity contribution < 1.29 is 14.3 Å². The number of carbonyl (C=O) groups excluding carboxylic acids is 2. The van der Waals surface area contributed by atoms with E-state index in [1.807, 2.05) is 0 Å². The number of piperidine rings is 1. The summed E-state index contributed by atoms with van der Waals surface area (Å²) in [5.74, 6) is 0.522. The highest BCUT2D eigenvalue weighted by Gasteiger charge is 2.32. The molecule has 3 aliphatic rings. The smallest absolute Gasteiger partial charge is 0.197 e. The summed E-state index contributed by atoms with van der Waals surface area (Å²) in [6.45, 7) is 4.27. The third-order valence-corrected chi connectivity index (χ3v) is 6.29. The summed E-state index contributed by atoms with van der Waals surface area (Å²) in [5, 5.41) is 0. The molecule has 1 unspecified atom stereocenters. The number of nitrogens with zero attached hydrogens (tertiary/aromatic N) is 1. The van der Waals surface area contributed by atoms with Crippen LogP contribution in [-0.2, 0) is 0 Å². The van der Waals surface area contributed by atoms with Gasteiger partial charge in [0.05, 0.1) is 5.57 Å². The van der Waals surface area contributed by atoms with Gasteiger partial charge in [0.25, 0.3) is 0 Å². The average molecular weight is 399 g/mol. The van der Waals surface area contributed by atoms with Crippen molar-refractivity contribution in [2.75, 3.05) is 18.0 Å². The lowest BCUT2D eigenvalue weighted by Gasteiger charge is -2.31. The second-order valence-electron chi connectivity index (χ2n) is 8.29. The first-order chi connectivity index (χ1) is 14.6. The molecule has 2 heterocycles. The maximum atomic E-state index is 12.6. The van der Waals surface area contributed by atoms with Gasteiger partial charge in [0, 0.05) is 48.0 Å². The molecule has 0 bridgehead atoms. The lowest BCUT2D eigenvalue weighted by Crippen LogP contribution is -2.29. The van der Waals surface area contributed by atoms with E-state index in [0.29, 0.717) is 17.5 Å². The molecule has 1 fully saturated rings. The van der Waals surface area contributed by atoms with Crippen LogP contribution in [0.5, 0.6) is 5.75 Å². The fraction of sp³-hybridized carbons (Fsp3) is 0.308. The van der Waals surface area contributed by atoms with Crippen LogP contribution in [0.1, 0.15) is 58.9 Å². The van der Waals surface area contributed by atoms with Gasteiger partial charge < -0.3 is 9.64 Å². The first kappa shape index (κ1) is 18.9. The lowest BCUT2D eigenvalue weighted by molar-refractivity contribution is 0.0988. The highest BCUT2D eigenvalue weighted by atomic mass is 16.5. The van der Waals surface area contributed by atoms with Crippen LogP contribution < -0.4 is 9.64 Å². The minimum atomic E-state index is -0.189. The molecule has 0 saturated carbocycles. The number of benzene rings is 2. The third-order valence-electron chi connectivity index (χ3n) is 6.29. The van der Waals surface area contributed by atoms with Gasteiger partial charge in [0.1, 0.15) is 11.9 Å². The fourth-order valence-electron chi connectivity index (χ4n) is 4.66. The SMILES string of the molecule is CC1=CC(CC=C2C(=O)c3ccccc3C2=O)Oc2cc(N3CCCCC3)ccc21. The summed E-state index contributed by atoms with van der Waals surface area (Å²) in [5.41, 5.74) is 4.75. The Bertz CT molecular complexity index is 1050. The van der Waals surface area contributed by atoms with Crippen molar-refractivity contribution in [1.82, 2.24) is 0 Å². The van der Waals surface area contributed by atoms with Gasteiger partial charge in [-0.15, -0.1) is 0 Å². The Labute approximate surface area is 176 Å². The van der Waals surface area contributed by atoms with E-state index in [-0.39, 0.29) is 23.2 Å². The van der Waals surface area contributed by atoms with Crippen LogP contribution in [0.25, 0.3) is 5.57 Å². The molecule has 0 aromatic heterocycles. The van der Waals surface area contributed by atoms with Crippen molar-refractivity contribution >= 4 is 22.8 Å². The number of rotatable bonds is 3. The van der Waals surface area contributed by atoms with Crippen molar-refractivity contribution in [2.45, 2.75) is 38.7 Å². The van der Waals surface area contributed by atoms with E-state index in [9.17, 15) is 9.59 Å². The summed E-state index contributed by atoms with van der Waals surface area (Å²) in [6, 6.07) is 13.5. The highest BCUT2D eigenvalue weighted by molar-refractivity contribution is 6.39. The molecule has 1 atom stereocenters. The van der Waals surface area contributed by atoms with Gasteiger partial charge in [-0.3, -0.25) is 9.59 Å². The van der Waals surface area contributed by atoms with Crippen molar-refractivity contribution in [3.63, 3.8) is 0 Å². The number of fused-ring (bicyclic) bond motifs is 2. The third kappa shape index (κ3) is 3.26. The Morgan fingerprint density at radius 2 is 1.67 bits per heavy atom. The zero-order chi connectivity index (χ0) is 20.7. The fourth-order valence-corrected chi connectivity index (χ4v) is 4.66. The van der Waals surface area contributed by atoms with E-state index >= 15 is 0 Å². The Balaban J connectivity index is 1.36. The molecule has 0 amide bonds. The van der Waals surface area contributed by atoms with Gasteiger partial charge in [-0.2, -0.15) is 0 Å². The lowest BCUT2D eigenvalue weighted by atomic mass is 9.98. The summed E-state index contributed by atoms with van der Waals surface area (Å²) < 4.78 is 6.27. The van der Waals surface area contributed by atoms with Gasteiger partial charge in [-0.05, 0) is 50.0 Å². The number of carbonyl (C=O) groups is 2. The van der Waals surface area contributed by atoms with E-state index in [1.165, 1.54) is 24.9 Å². The Kier molecular flexibility index (Phi) is 4.78. The van der Waals surface area contributed by atoms with Crippen LogP contribution in [0.3, 0.4) is 0 Å². The van der Waals surface area contributed by atoms with Crippen LogP contribution >= 0.6 is 0 Å². The van der Waals surface area contributed by atoms with Crippen LogP contribution in [0.4, 0.5) is 5.69 Å². The van der Waals surface area contributed by atoms with Crippen LogP contribution in [0.2, 0.25) is 0 Å². The van der Waals surface area contributed by atoms with Crippen LogP contribution in [0, 0.1) is 0 Å². The molecular weight excluding hydrogens is 374 g/mol. The summed E-state index contributed by atoms with van der Waals surface area (Å²) in [7, 11) is 0. The van der Waals surface area contributed by atoms with Crippen LogP contribution in [0.15, 0.2) is 60.2 Å². The average Bonchev–Trinajstić information content (AvgIpc) is 3.02. The molecule has 5 rings (SSSR count). The van der Waals surface area contributed by atoms with E-state index in [1.54, 1.807) is 30.3 Å². The van der Waals surface area contributed by atoms with E-state index in [0.717, 1.165) is 30.0 Å². The molecule has 0 spiro atoms. The first-order valence-electron chi connectivity index (χ1n) is 10.7. The number of Topliss-reactive ketones (excluding diaryl/α,β-unsaturated/α-hetero) is 2. The predicted octanol–water partition coefficient (Wildman–Crippen LogP) is 5.24. The van der Waals surface area contributed by atoms with Gasteiger partial charge in [-0.25, -0.2) is 0 Å². The number of ether oxygens (including phenoxy) is 1. The minimum Gasteiger partial charge on any atom is -0.485 e. The normalized spacial score (nSPS) is 20.4.